The molecule has 1 aromatic heterocycles. The summed E-state index contributed by atoms with van der Waals surface area (Å²) in [6.07, 6.45) is 3.85. The summed E-state index contributed by atoms with van der Waals surface area (Å²) in [6, 6.07) is 2.05. The summed E-state index contributed by atoms with van der Waals surface area (Å²) in [5.41, 5.74) is 1.19. The van der Waals surface area contributed by atoms with Crippen LogP contribution in [0.1, 0.15) is 17.7 Å². The maximum Gasteiger partial charge on any atom is 0.110 e. The van der Waals surface area contributed by atoms with Crippen molar-refractivity contribution in [2.45, 2.75) is 18.4 Å². The van der Waals surface area contributed by atoms with E-state index in [1.165, 1.54) is 5.56 Å². The molecule has 0 bridgehead atoms. The highest BCUT2D eigenvalue weighted by molar-refractivity contribution is 5.31. The van der Waals surface area contributed by atoms with Crippen molar-refractivity contribution in [3.63, 3.8) is 0 Å². The molecule has 2 aliphatic rings. The van der Waals surface area contributed by atoms with Crippen LogP contribution >= 0.6 is 0 Å². The summed E-state index contributed by atoms with van der Waals surface area (Å²) in [7, 11) is 0. The molecule has 1 unspecified atom stereocenters. The average molecular weight is 179 g/mol. The van der Waals surface area contributed by atoms with Gasteiger partial charge in [0.2, 0.25) is 0 Å². The van der Waals surface area contributed by atoms with Gasteiger partial charge in [-0.3, -0.25) is 0 Å². The largest absolute Gasteiger partial charge is 0.469 e. The molecule has 1 atom stereocenters. The molecule has 1 fully saturated rings. The van der Waals surface area contributed by atoms with E-state index in [0.29, 0.717) is 0 Å². The van der Waals surface area contributed by atoms with Crippen LogP contribution in [0.25, 0.3) is 0 Å². The number of fused-ring (bicyclic) bond motifs is 2. The van der Waals surface area contributed by atoms with E-state index in [1.807, 2.05) is 0 Å². The molecule has 3 nitrogen and oxygen atoms in total. The molecule has 2 heterocycles. The Balaban J connectivity index is 2.00. The molecule has 1 aliphatic carbocycles. The quantitative estimate of drug-likeness (QED) is 0.646. The third-order valence-corrected chi connectivity index (χ3v) is 3.06. The van der Waals surface area contributed by atoms with E-state index in [2.05, 4.69) is 11.4 Å². The van der Waals surface area contributed by atoms with E-state index >= 15 is 0 Å². The Labute approximate surface area is 77.1 Å². The van der Waals surface area contributed by atoms with E-state index in [9.17, 15) is 0 Å². The predicted octanol–water partition coefficient (Wildman–Crippen LogP) is 1.04. The number of hydrogen-bond donors (Lipinski definition) is 1. The minimum atomic E-state index is -0.0689. The number of aryl methyl sites for hydroxylation is 1. The van der Waals surface area contributed by atoms with Crippen LogP contribution in [-0.4, -0.2) is 19.7 Å². The number of ether oxygens (including phenoxy) is 1. The zero-order valence-corrected chi connectivity index (χ0v) is 7.51. The molecule has 1 aromatic rings. The van der Waals surface area contributed by atoms with Crippen molar-refractivity contribution in [2.75, 3.05) is 19.7 Å². The summed E-state index contributed by atoms with van der Waals surface area (Å²) < 4.78 is 11.3. The molecule has 13 heavy (non-hydrogen) atoms. The molecule has 3 heteroatoms. The van der Waals surface area contributed by atoms with Crippen molar-refractivity contribution >= 4 is 0 Å². The first-order valence-electron chi connectivity index (χ1n) is 4.82. The van der Waals surface area contributed by atoms with E-state index in [0.717, 1.165) is 38.3 Å². The standard InChI is InChI=1S/C10H13NO2/c1-3-10(7-11-4-6-13-10)8-2-5-12-9(1)8/h2,5,11H,1,3-4,6-7H2. The van der Waals surface area contributed by atoms with Gasteiger partial charge in [0.1, 0.15) is 11.4 Å². The Hall–Kier alpha value is -0.800. The number of nitrogens with one attached hydrogen (secondary N) is 1. The number of hydrogen-bond acceptors (Lipinski definition) is 3. The zero-order chi connectivity index (χ0) is 8.73. The lowest BCUT2D eigenvalue weighted by atomic mass is 9.96. The van der Waals surface area contributed by atoms with E-state index < -0.39 is 0 Å². The first-order chi connectivity index (χ1) is 6.41. The molecule has 1 saturated heterocycles. The second kappa shape index (κ2) is 2.59. The number of furan rings is 1. The molecular formula is C10H13NO2. The number of morpholine rings is 1. The zero-order valence-electron chi connectivity index (χ0n) is 7.51. The van der Waals surface area contributed by atoms with Crippen molar-refractivity contribution in [2.24, 2.45) is 0 Å². The fraction of sp³-hybridized carbons (Fsp3) is 0.600. The Kier molecular flexibility index (Phi) is 1.51. The van der Waals surface area contributed by atoms with Crippen LogP contribution < -0.4 is 5.32 Å². The highest BCUT2D eigenvalue weighted by atomic mass is 16.5. The second-order valence-electron chi connectivity index (χ2n) is 3.78. The van der Waals surface area contributed by atoms with Gasteiger partial charge in [0.25, 0.3) is 0 Å². The summed E-state index contributed by atoms with van der Waals surface area (Å²) >= 11 is 0. The van der Waals surface area contributed by atoms with Crippen molar-refractivity contribution in [1.29, 1.82) is 0 Å². The van der Waals surface area contributed by atoms with Crippen molar-refractivity contribution in [3.05, 3.63) is 23.7 Å². The maximum atomic E-state index is 5.89. The van der Waals surface area contributed by atoms with Crippen LogP contribution in [0.5, 0.6) is 0 Å². The van der Waals surface area contributed by atoms with Crippen molar-refractivity contribution < 1.29 is 9.15 Å². The molecular weight excluding hydrogens is 166 g/mol. The van der Waals surface area contributed by atoms with Crippen LogP contribution in [0.3, 0.4) is 0 Å². The first kappa shape index (κ1) is 7.59. The SMILES string of the molecule is c1cc2c(o1)CCC21CNCCO1. The van der Waals surface area contributed by atoms with Gasteiger partial charge in [-0.25, -0.2) is 0 Å². The predicted molar refractivity (Wildman–Crippen MR) is 47.5 cm³/mol. The molecule has 1 aliphatic heterocycles. The maximum absolute atomic E-state index is 5.89. The van der Waals surface area contributed by atoms with Crippen LogP contribution in [0.4, 0.5) is 0 Å². The Morgan fingerprint density at radius 3 is 3.31 bits per heavy atom. The van der Waals surface area contributed by atoms with Gasteiger partial charge in [0, 0.05) is 25.1 Å². The monoisotopic (exact) mass is 179 g/mol. The highest BCUT2D eigenvalue weighted by Gasteiger charge is 2.42. The summed E-state index contributed by atoms with van der Waals surface area (Å²) in [5, 5.41) is 3.38. The average Bonchev–Trinajstić information content (AvgIpc) is 2.73. The van der Waals surface area contributed by atoms with Gasteiger partial charge >= 0.3 is 0 Å². The first-order valence-corrected chi connectivity index (χ1v) is 4.82. The van der Waals surface area contributed by atoms with Crippen LogP contribution in [0.2, 0.25) is 0 Å². The van der Waals surface area contributed by atoms with Gasteiger partial charge in [-0.05, 0) is 12.5 Å². The van der Waals surface area contributed by atoms with E-state index in [4.69, 9.17) is 9.15 Å². The Morgan fingerprint density at radius 2 is 2.46 bits per heavy atom. The molecule has 70 valence electrons. The van der Waals surface area contributed by atoms with E-state index in [1.54, 1.807) is 6.26 Å². The van der Waals surface area contributed by atoms with Crippen molar-refractivity contribution in [3.8, 4) is 0 Å². The summed E-state index contributed by atoms with van der Waals surface area (Å²) in [6.45, 7) is 2.71. The molecule has 0 amide bonds. The molecule has 1 spiro atoms. The Bertz CT molecular complexity index is 312. The second-order valence-corrected chi connectivity index (χ2v) is 3.78. The fourth-order valence-corrected chi connectivity index (χ4v) is 2.38. The molecule has 3 rings (SSSR count). The van der Waals surface area contributed by atoms with E-state index in [-0.39, 0.29) is 5.60 Å². The molecule has 0 saturated carbocycles. The van der Waals surface area contributed by atoms with Gasteiger partial charge in [-0.15, -0.1) is 0 Å². The van der Waals surface area contributed by atoms with Crippen LogP contribution in [-0.2, 0) is 16.8 Å². The van der Waals surface area contributed by atoms with Crippen LogP contribution in [0.15, 0.2) is 16.7 Å². The lowest BCUT2D eigenvalue weighted by molar-refractivity contribution is -0.0694. The fourth-order valence-electron chi connectivity index (χ4n) is 2.38. The lowest BCUT2D eigenvalue weighted by Crippen LogP contribution is -2.46. The minimum absolute atomic E-state index is 0.0689. The third kappa shape index (κ3) is 0.974. The highest BCUT2D eigenvalue weighted by Crippen LogP contribution is 2.40. The Morgan fingerprint density at radius 1 is 1.46 bits per heavy atom. The summed E-state index contributed by atoms with van der Waals surface area (Å²) in [4.78, 5) is 0. The molecule has 0 radical (unpaired) electrons. The molecule has 1 N–H and O–H groups in total. The van der Waals surface area contributed by atoms with Gasteiger partial charge in [0.15, 0.2) is 0 Å². The van der Waals surface area contributed by atoms with Gasteiger partial charge < -0.3 is 14.5 Å². The van der Waals surface area contributed by atoms with Gasteiger partial charge in [-0.2, -0.15) is 0 Å². The number of rotatable bonds is 0. The normalized spacial score (nSPS) is 32.3. The molecule has 0 aromatic carbocycles. The van der Waals surface area contributed by atoms with Crippen molar-refractivity contribution in [1.82, 2.24) is 5.32 Å². The minimum Gasteiger partial charge on any atom is -0.469 e. The third-order valence-electron chi connectivity index (χ3n) is 3.06. The summed E-state index contributed by atoms with van der Waals surface area (Å²) in [5.74, 6) is 1.11. The van der Waals surface area contributed by atoms with Crippen LogP contribution in [0, 0.1) is 0 Å². The lowest BCUT2D eigenvalue weighted by Gasteiger charge is -2.34. The smallest absolute Gasteiger partial charge is 0.110 e. The topological polar surface area (TPSA) is 34.4 Å². The van der Waals surface area contributed by atoms with Gasteiger partial charge in [0.05, 0.1) is 12.9 Å². The van der Waals surface area contributed by atoms with Gasteiger partial charge in [-0.1, -0.05) is 0 Å².